The van der Waals surface area contributed by atoms with Crippen LogP contribution in [0.25, 0.3) is 0 Å². The van der Waals surface area contributed by atoms with Crippen molar-refractivity contribution in [2.75, 3.05) is 11.6 Å². The number of carbonyl (C=O) groups excluding carboxylic acids is 1. The van der Waals surface area contributed by atoms with Crippen molar-refractivity contribution in [1.82, 2.24) is 0 Å². The van der Waals surface area contributed by atoms with E-state index in [-0.39, 0.29) is 22.7 Å². The van der Waals surface area contributed by atoms with Gasteiger partial charge in [-0.05, 0) is 12.1 Å². The second-order valence-electron chi connectivity index (χ2n) is 2.59. The first-order valence-electron chi connectivity index (χ1n) is 3.68. The lowest BCUT2D eigenvalue weighted by Gasteiger charge is -2.04. The number of nitrogen functional groups attached to an aromatic ring is 1. The molecule has 0 bridgehead atoms. The fraction of sp³-hybridized carbons (Fsp3) is 0.111. The summed E-state index contributed by atoms with van der Waals surface area (Å²) in [4.78, 5) is 11.2. The molecule has 0 heterocycles. The standard InChI is InChI=1S/C9H6ClFN2O/c10-3-8(14)9-5(4-12)1-6(11)2-7(9)13/h1-2H,3,13H2. The molecule has 2 N–H and O–H groups in total. The average Bonchev–Trinajstić information content (AvgIpc) is 2.15. The molecule has 5 heteroatoms. The first-order chi connectivity index (χ1) is 6.60. The summed E-state index contributed by atoms with van der Waals surface area (Å²) >= 11 is 5.32. The summed E-state index contributed by atoms with van der Waals surface area (Å²) in [6.45, 7) is 0. The van der Waals surface area contributed by atoms with Crippen molar-refractivity contribution in [3.8, 4) is 6.07 Å². The molecule has 1 aromatic rings. The molecule has 0 radical (unpaired) electrons. The van der Waals surface area contributed by atoms with Crippen molar-refractivity contribution in [3.63, 3.8) is 0 Å². The van der Waals surface area contributed by atoms with Crippen molar-refractivity contribution >= 4 is 23.1 Å². The van der Waals surface area contributed by atoms with Crippen LogP contribution >= 0.6 is 11.6 Å². The van der Waals surface area contributed by atoms with Gasteiger partial charge in [-0.1, -0.05) is 0 Å². The zero-order valence-electron chi connectivity index (χ0n) is 7.05. The summed E-state index contributed by atoms with van der Waals surface area (Å²) in [5, 5.41) is 8.64. The topological polar surface area (TPSA) is 66.9 Å². The third-order valence-corrected chi connectivity index (χ3v) is 1.90. The molecule has 0 spiro atoms. The molecule has 0 unspecified atom stereocenters. The Morgan fingerprint density at radius 2 is 2.29 bits per heavy atom. The number of nitrogens with two attached hydrogens (primary N) is 1. The molecule has 1 rings (SSSR count). The van der Waals surface area contributed by atoms with Crippen LogP contribution in [0.3, 0.4) is 0 Å². The molecule has 0 aliphatic carbocycles. The van der Waals surface area contributed by atoms with E-state index in [2.05, 4.69) is 0 Å². The maximum Gasteiger partial charge on any atom is 0.180 e. The number of ketones is 1. The zero-order valence-corrected chi connectivity index (χ0v) is 7.81. The van der Waals surface area contributed by atoms with Gasteiger partial charge in [0.25, 0.3) is 0 Å². The van der Waals surface area contributed by atoms with Crippen molar-refractivity contribution in [3.05, 3.63) is 29.1 Å². The van der Waals surface area contributed by atoms with Crippen LogP contribution in [-0.4, -0.2) is 11.7 Å². The molecule has 0 saturated heterocycles. The fourth-order valence-corrected chi connectivity index (χ4v) is 1.23. The molecule has 0 amide bonds. The van der Waals surface area contributed by atoms with Gasteiger partial charge in [-0.3, -0.25) is 4.79 Å². The Morgan fingerprint density at radius 1 is 1.64 bits per heavy atom. The van der Waals surface area contributed by atoms with Crippen LogP contribution in [0, 0.1) is 17.1 Å². The lowest BCUT2D eigenvalue weighted by Crippen LogP contribution is -2.08. The summed E-state index contributed by atoms with van der Waals surface area (Å²) < 4.78 is 12.8. The lowest BCUT2D eigenvalue weighted by molar-refractivity contribution is 0.102. The van der Waals surface area contributed by atoms with E-state index >= 15 is 0 Å². The minimum atomic E-state index is -0.648. The molecule has 3 nitrogen and oxygen atoms in total. The predicted molar refractivity (Wildman–Crippen MR) is 50.6 cm³/mol. The largest absolute Gasteiger partial charge is 0.398 e. The number of nitrogens with zero attached hydrogens (tertiary/aromatic N) is 1. The molecule has 0 fully saturated rings. The molecular weight excluding hydrogens is 207 g/mol. The Labute approximate surface area is 84.9 Å². The van der Waals surface area contributed by atoms with Crippen molar-refractivity contribution in [1.29, 1.82) is 5.26 Å². The normalized spacial score (nSPS) is 9.50. The second-order valence-corrected chi connectivity index (χ2v) is 2.85. The van der Waals surface area contributed by atoms with Gasteiger partial charge in [0.1, 0.15) is 11.9 Å². The van der Waals surface area contributed by atoms with Gasteiger partial charge < -0.3 is 5.73 Å². The fourth-order valence-electron chi connectivity index (χ4n) is 1.09. The number of anilines is 1. The van der Waals surface area contributed by atoms with E-state index in [1.807, 2.05) is 0 Å². The highest BCUT2D eigenvalue weighted by molar-refractivity contribution is 6.31. The molecule has 0 atom stereocenters. The molecule has 0 aliphatic heterocycles. The first-order valence-corrected chi connectivity index (χ1v) is 4.22. The van der Waals surface area contributed by atoms with Gasteiger partial charge in [0.15, 0.2) is 5.78 Å². The predicted octanol–water partition coefficient (Wildman–Crippen LogP) is 1.70. The molecule has 14 heavy (non-hydrogen) atoms. The number of carbonyl (C=O) groups is 1. The third-order valence-electron chi connectivity index (χ3n) is 1.65. The van der Waals surface area contributed by atoms with Crippen LogP contribution in [-0.2, 0) is 0 Å². The molecule has 0 aliphatic rings. The zero-order chi connectivity index (χ0) is 10.7. The van der Waals surface area contributed by atoms with Crippen LogP contribution in [0.5, 0.6) is 0 Å². The van der Waals surface area contributed by atoms with Gasteiger partial charge in [-0.2, -0.15) is 5.26 Å². The average molecular weight is 213 g/mol. The third kappa shape index (κ3) is 1.83. The molecule has 0 saturated carbocycles. The van der Waals surface area contributed by atoms with Crippen LogP contribution in [0.4, 0.5) is 10.1 Å². The van der Waals surface area contributed by atoms with E-state index in [1.165, 1.54) is 0 Å². The number of rotatable bonds is 2. The van der Waals surface area contributed by atoms with Crippen LogP contribution in [0.2, 0.25) is 0 Å². The number of alkyl halides is 1. The SMILES string of the molecule is N#Cc1cc(F)cc(N)c1C(=O)CCl. The highest BCUT2D eigenvalue weighted by atomic mass is 35.5. The van der Waals surface area contributed by atoms with Crippen LogP contribution in [0.15, 0.2) is 12.1 Å². The maximum absolute atomic E-state index is 12.8. The van der Waals surface area contributed by atoms with Gasteiger partial charge in [0.2, 0.25) is 0 Å². The highest BCUT2D eigenvalue weighted by Crippen LogP contribution is 2.19. The Kier molecular flexibility index (Phi) is 3.05. The smallest absolute Gasteiger partial charge is 0.180 e. The number of benzene rings is 1. The minimum absolute atomic E-state index is 0.0103. The van der Waals surface area contributed by atoms with E-state index in [0.717, 1.165) is 12.1 Å². The van der Waals surface area contributed by atoms with Gasteiger partial charge in [-0.25, -0.2) is 4.39 Å². The first kappa shape index (κ1) is 10.5. The van der Waals surface area contributed by atoms with Crippen molar-refractivity contribution in [2.45, 2.75) is 0 Å². The van der Waals surface area contributed by atoms with Gasteiger partial charge >= 0.3 is 0 Å². The molecule has 1 aromatic carbocycles. The lowest BCUT2D eigenvalue weighted by atomic mass is 10.0. The number of halogens is 2. The van der Waals surface area contributed by atoms with Crippen LogP contribution < -0.4 is 5.73 Å². The van der Waals surface area contributed by atoms with Gasteiger partial charge in [0, 0.05) is 5.69 Å². The van der Waals surface area contributed by atoms with E-state index in [0.29, 0.717) is 0 Å². The number of hydrogen-bond acceptors (Lipinski definition) is 3. The highest BCUT2D eigenvalue weighted by Gasteiger charge is 2.15. The second kappa shape index (κ2) is 4.07. The molecule has 72 valence electrons. The summed E-state index contributed by atoms with van der Waals surface area (Å²) in [6.07, 6.45) is 0. The van der Waals surface area contributed by atoms with Crippen molar-refractivity contribution in [2.24, 2.45) is 0 Å². The van der Waals surface area contributed by atoms with E-state index in [4.69, 9.17) is 22.6 Å². The van der Waals surface area contributed by atoms with Crippen LogP contribution in [0.1, 0.15) is 15.9 Å². The Morgan fingerprint density at radius 3 is 2.79 bits per heavy atom. The van der Waals surface area contributed by atoms with Gasteiger partial charge in [0.05, 0.1) is 17.0 Å². The number of nitriles is 1. The molecular formula is C9H6ClFN2O. The van der Waals surface area contributed by atoms with E-state index in [1.54, 1.807) is 6.07 Å². The summed E-state index contributed by atoms with van der Waals surface area (Å²) in [5.74, 6) is -1.42. The Hall–Kier alpha value is -1.60. The summed E-state index contributed by atoms with van der Waals surface area (Å²) in [5.41, 5.74) is 5.24. The Bertz CT molecular complexity index is 426. The quantitative estimate of drug-likeness (QED) is 0.461. The minimum Gasteiger partial charge on any atom is -0.398 e. The monoisotopic (exact) mass is 212 g/mol. The van der Waals surface area contributed by atoms with Gasteiger partial charge in [-0.15, -0.1) is 11.6 Å². The molecule has 0 aromatic heterocycles. The Balaban J connectivity index is 3.42. The van der Waals surface area contributed by atoms with E-state index in [9.17, 15) is 9.18 Å². The summed E-state index contributed by atoms with van der Waals surface area (Å²) in [6, 6.07) is 3.63. The maximum atomic E-state index is 12.8. The summed E-state index contributed by atoms with van der Waals surface area (Å²) in [7, 11) is 0. The number of hydrogen-bond donors (Lipinski definition) is 1. The van der Waals surface area contributed by atoms with E-state index < -0.39 is 11.6 Å². The number of Topliss-reactive ketones (excluding diaryl/α,β-unsaturated/α-hetero) is 1. The van der Waals surface area contributed by atoms with Crippen molar-refractivity contribution < 1.29 is 9.18 Å².